The summed E-state index contributed by atoms with van der Waals surface area (Å²) < 4.78 is 1.03. The number of halogens is 1. The van der Waals surface area contributed by atoms with Gasteiger partial charge in [-0.25, -0.2) is 9.97 Å². The van der Waals surface area contributed by atoms with Crippen molar-refractivity contribution in [3.63, 3.8) is 0 Å². The van der Waals surface area contributed by atoms with Gasteiger partial charge in [-0.2, -0.15) is 0 Å². The molecule has 0 amide bonds. The third-order valence-electron chi connectivity index (χ3n) is 2.39. The molecule has 4 heteroatoms. The van der Waals surface area contributed by atoms with Crippen LogP contribution in [0.15, 0.2) is 22.7 Å². The van der Waals surface area contributed by atoms with Gasteiger partial charge in [0.2, 0.25) is 5.95 Å². The van der Waals surface area contributed by atoms with Crippen LogP contribution in [0, 0.1) is 0 Å². The fourth-order valence-electron chi connectivity index (χ4n) is 1.69. The maximum Gasteiger partial charge on any atom is 0.220 e. The van der Waals surface area contributed by atoms with E-state index in [9.17, 15) is 0 Å². The number of hydrogen-bond acceptors (Lipinski definition) is 3. The largest absolute Gasteiger partial charge is 0.368 e. The number of aromatic nitrogens is 2. The fraction of sp³-hybridized carbons (Fsp3) is 0.333. The molecule has 1 aromatic carbocycles. The lowest BCUT2D eigenvalue weighted by atomic mass is 9.89. The van der Waals surface area contributed by atoms with Gasteiger partial charge in [0.25, 0.3) is 0 Å². The molecular formula is C12H14BrN3. The van der Waals surface area contributed by atoms with Crippen molar-refractivity contribution in [3.05, 3.63) is 28.4 Å². The Hall–Kier alpha value is -1.16. The third-order valence-corrected chi connectivity index (χ3v) is 2.88. The molecular weight excluding hydrogens is 266 g/mol. The lowest BCUT2D eigenvalue weighted by Crippen LogP contribution is -2.16. The second-order valence-corrected chi connectivity index (χ2v) is 5.76. The Balaban J connectivity index is 2.85. The summed E-state index contributed by atoms with van der Waals surface area (Å²) in [5.74, 6) is 0.333. The second-order valence-electron chi connectivity index (χ2n) is 4.84. The van der Waals surface area contributed by atoms with Gasteiger partial charge in [-0.3, -0.25) is 0 Å². The molecule has 2 N–H and O–H groups in total. The van der Waals surface area contributed by atoms with Gasteiger partial charge < -0.3 is 5.73 Å². The molecule has 3 nitrogen and oxygen atoms in total. The van der Waals surface area contributed by atoms with Gasteiger partial charge in [0.1, 0.15) is 0 Å². The summed E-state index contributed by atoms with van der Waals surface area (Å²) in [7, 11) is 0. The number of fused-ring (bicyclic) bond motifs is 1. The zero-order valence-electron chi connectivity index (χ0n) is 9.58. The maximum absolute atomic E-state index is 5.73. The van der Waals surface area contributed by atoms with Crippen molar-refractivity contribution in [3.8, 4) is 0 Å². The Bertz CT molecular complexity index is 544. The summed E-state index contributed by atoms with van der Waals surface area (Å²) in [5, 5.41) is 1.05. The average molecular weight is 280 g/mol. The van der Waals surface area contributed by atoms with Crippen LogP contribution in [0.25, 0.3) is 10.9 Å². The summed E-state index contributed by atoms with van der Waals surface area (Å²) in [5.41, 5.74) is 7.55. The zero-order chi connectivity index (χ0) is 11.9. The van der Waals surface area contributed by atoms with Crippen molar-refractivity contribution in [1.82, 2.24) is 9.97 Å². The van der Waals surface area contributed by atoms with Gasteiger partial charge in [0.05, 0.1) is 11.2 Å². The number of anilines is 1. The van der Waals surface area contributed by atoms with Crippen molar-refractivity contribution in [2.45, 2.75) is 26.2 Å². The van der Waals surface area contributed by atoms with E-state index in [4.69, 9.17) is 5.73 Å². The molecule has 84 valence electrons. The smallest absolute Gasteiger partial charge is 0.220 e. The van der Waals surface area contributed by atoms with Crippen LogP contribution in [0.4, 0.5) is 5.95 Å². The number of hydrogen-bond donors (Lipinski definition) is 1. The van der Waals surface area contributed by atoms with Gasteiger partial charge in [0, 0.05) is 15.3 Å². The molecule has 0 aliphatic carbocycles. The molecule has 2 aromatic rings. The number of nitrogen functional groups attached to an aromatic ring is 1. The quantitative estimate of drug-likeness (QED) is 0.805. The molecule has 0 bridgehead atoms. The Kier molecular flexibility index (Phi) is 2.62. The highest BCUT2D eigenvalue weighted by molar-refractivity contribution is 9.10. The van der Waals surface area contributed by atoms with Crippen LogP contribution >= 0.6 is 15.9 Å². The molecule has 0 radical (unpaired) electrons. The Morgan fingerprint density at radius 1 is 1.19 bits per heavy atom. The molecule has 0 unspecified atom stereocenters. The zero-order valence-corrected chi connectivity index (χ0v) is 11.2. The van der Waals surface area contributed by atoms with Gasteiger partial charge in [-0.15, -0.1) is 0 Å². The van der Waals surface area contributed by atoms with E-state index in [1.54, 1.807) is 0 Å². The first kappa shape index (κ1) is 11.3. The van der Waals surface area contributed by atoms with Crippen molar-refractivity contribution in [2.75, 3.05) is 5.73 Å². The van der Waals surface area contributed by atoms with Gasteiger partial charge in [-0.1, -0.05) is 36.7 Å². The average Bonchev–Trinajstić information content (AvgIpc) is 2.16. The molecule has 1 heterocycles. The number of nitrogens with zero attached hydrogens (tertiary/aromatic N) is 2. The van der Waals surface area contributed by atoms with Crippen molar-refractivity contribution >= 4 is 32.8 Å². The van der Waals surface area contributed by atoms with E-state index < -0.39 is 0 Å². The summed E-state index contributed by atoms with van der Waals surface area (Å²) in [6, 6.07) is 5.95. The van der Waals surface area contributed by atoms with E-state index >= 15 is 0 Å². The van der Waals surface area contributed by atoms with Gasteiger partial charge in [0.15, 0.2) is 0 Å². The number of benzene rings is 1. The highest BCUT2D eigenvalue weighted by Crippen LogP contribution is 2.29. The van der Waals surface area contributed by atoms with E-state index in [0.717, 1.165) is 21.1 Å². The van der Waals surface area contributed by atoms with Crippen LogP contribution in [0.2, 0.25) is 0 Å². The lowest BCUT2D eigenvalue weighted by Gasteiger charge is -2.20. The number of rotatable bonds is 0. The molecule has 0 aliphatic rings. The van der Waals surface area contributed by atoms with E-state index in [-0.39, 0.29) is 5.41 Å². The molecule has 0 aliphatic heterocycles. The van der Waals surface area contributed by atoms with Crippen LogP contribution in [-0.2, 0) is 5.41 Å². The summed E-state index contributed by atoms with van der Waals surface area (Å²) >= 11 is 3.47. The molecule has 0 atom stereocenters. The molecule has 0 saturated heterocycles. The molecule has 0 saturated carbocycles. The Morgan fingerprint density at radius 3 is 2.50 bits per heavy atom. The normalized spacial score (nSPS) is 12.0. The molecule has 2 rings (SSSR count). The Morgan fingerprint density at radius 2 is 1.88 bits per heavy atom. The first-order valence-electron chi connectivity index (χ1n) is 5.11. The Labute approximate surface area is 103 Å². The minimum Gasteiger partial charge on any atom is -0.368 e. The van der Waals surface area contributed by atoms with Crippen molar-refractivity contribution in [1.29, 1.82) is 0 Å². The first-order valence-corrected chi connectivity index (χ1v) is 5.90. The predicted molar refractivity (Wildman–Crippen MR) is 70.4 cm³/mol. The van der Waals surface area contributed by atoms with E-state index in [1.165, 1.54) is 0 Å². The molecule has 0 fully saturated rings. The molecule has 0 spiro atoms. The van der Waals surface area contributed by atoms with Crippen LogP contribution in [0.5, 0.6) is 0 Å². The van der Waals surface area contributed by atoms with Crippen molar-refractivity contribution < 1.29 is 0 Å². The number of nitrogens with two attached hydrogens (primary N) is 1. The lowest BCUT2D eigenvalue weighted by molar-refractivity contribution is 0.575. The standard InChI is InChI=1S/C12H14BrN3/c1-12(2,3)10-8-6-7(13)4-5-9(8)15-11(14)16-10/h4-6H,1-3H3,(H2,14,15,16). The minimum absolute atomic E-state index is 0.0455. The summed E-state index contributed by atoms with van der Waals surface area (Å²) in [4.78, 5) is 8.60. The van der Waals surface area contributed by atoms with E-state index in [0.29, 0.717) is 5.95 Å². The maximum atomic E-state index is 5.73. The topological polar surface area (TPSA) is 51.8 Å². The van der Waals surface area contributed by atoms with Crippen LogP contribution in [-0.4, -0.2) is 9.97 Å². The minimum atomic E-state index is -0.0455. The highest BCUT2D eigenvalue weighted by Gasteiger charge is 2.20. The first-order chi connectivity index (χ1) is 7.38. The third kappa shape index (κ3) is 2.02. The molecule has 16 heavy (non-hydrogen) atoms. The van der Waals surface area contributed by atoms with E-state index in [2.05, 4.69) is 46.7 Å². The van der Waals surface area contributed by atoms with E-state index in [1.807, 2.05) is 18.2 Å². The van der Waals surface area contributed by atoms with Crippen LogP contribution in [0.1, 0.15) is 26.5 Å². The van der Waals surface area contributed by atoms with Gasteiger partial charge in [-0.05, 0) is 18.2 Å². The molecule has 1 aromatic heterocycles. The summed E-state index contributed by atoms with van der Waals surface area (Å²) in [6.45, 7) is 6.36. The highest BCUT2D eigenvalue weighted by atomic mass is 79.9. The fourth-order valence-corrected chi connectivity index (χ4v) is 2.05. The van der Waals surface area contributed by atoms with Crippen molar-refractivity contribution in [2.24, 2.45) is 0 Å². The van der Waals surface area contributed by atoms with Crippen LogP contribution < -0.4 is 5.73 Å². The second kappa shape index (κ2) is 3.70. The predicted octanol–water partition coefficient (Wildman–Crippen LogP) is 3.27. The monoisotopic (exact) mass is 279 g/mol. The SMILES string of the molecule is CC(C)(C)c1nc(N)nc2ccc(Br)cc12. The van der Waals surface area contributed by atoms with Gasteiger partial charge >= 0.3 is 0 Å². The van der Waals surface area contributed by atoms with Crippen LogP contribution in [0.3, 0.4) is 0 Å². The summed E-state index contributed by atoms with van der Waals surface area (Å²) in [6.07, 6.45) is 0.